The summed E-state index contributed by atoms with van der Waals surface area (Å²) >= 11 is 1.16. The highest BCUT2D eigenvalue weighted by Crippen LogP contribution is 2.46. The fraction of sp³-hybridized carbons (Fsp3) is 0.524. The molecule has 2 aliphatic rings. The van der Waals surface area contributed by atoms with E-state index in [1.165, 1.54) is 13.2 Å². The summed E-state index contributed by atoms with van der Waals surface area (Å²) in [6.45, 7) is 3.58. The van der Waals surface area contributed by atoms with Crippen LogP contribution < -0.4 is 25.9 Å². The summed E-state index contributed by atoms with van der Waals surface area (Å²) in [5.41, 5.74) is 0.149. The average molecular weight is 433 g/mol. The molecule has 30 heavy (non-hydrogen) atoms. The molecule has 5 rings (SSSR count). The number of halogens is 1. The summed E-state index contributed by atoms with van der Waals surface area (Å²) in [6.07, 6.45) is 2.87. The standard InChI is InChI=1S/C21H25FN4O3S/c1-10(23-2)11-6-7-25(9-11)17-14(22)8-13-16(19(17)29-3)26(12-4-5-12)21-15(18(13)27)20(28)24-30-21/h8,10-12,23H,4-7,9H2,1-3H3,(H,24,28)/t10-,11?/m1/s1. The fourth-order valence-corrected chi connectivity index (χ4v) is 5.64. The van der Waals surface area contributed by atoms with E-state index in [1.54, 1.807) is 0 Å². The Morgan fingerprint density at radius 3 is 2.77 bits per heavy atom. The molecule has 0 spiro atoms. The van der Waals surface area contributed by atoms with Crippen LogP contribution in [0.3, 0.4) is 0 Å². The highest BCUT2D eigenvalue weighted by molar-refractivity contribution is 7.12. The lowest BCUT2D eigenvalue weighted by Crippen LogP contribution is -2.33. The molecule has 1 aliphatic carbocycles. The van der Waals surface area contributed by atoms with E-state index in [2.05, 4.69) is 16.6 Å². The Labute approximate surface area is 176 Å². The Morgan fingerprint density at radius 2 is 2.10 bits per heavy atom. The van der Waals surface area contributed by atoms with E-state index in [-0.39, 0.29) is 16.8 Å². The summed E-state index contributed by atoms with van der Waals surface area (Å²) < 4.78 is 25.9. The molecule has 2 fully saturated rings. The van der Waals surface area contributed by atoms with Gasteiger partial charge in [0.1, 0.15) is 15.9 Å². The van der Waals surface area contributed by atoms with E-state index in [4.69, 9.17) is 4.74 Å². The lowest BCUT2D eigenvalue weighted by atomic mass is 10.0. The molecule has 2 aromatic heterocycles. The van der Waals surface area contributed by atoms with Crippen LogP contribution in [0.25, 0.3) is 21.1 Å². The molecule has 2 atom stereocenters. The maximum Gasteiger partial charge on any atom is 0.271 e. The van der Waals surface area contributed by atoms with Crippen molar-refractivity contribution in [2.75, 3.05) is 32.1 Å². The summed E-state index contributed by atoms with van der Waals surface area (Å²) in [7, 11) is 3.46. The first-order valence-corrected chi connectivity index (χ1v) is 11.2. The van der Waals surface area contributed by atoms with Gasteiger partial charge >= 0.3 is 0 Å². The van der Waals surface area contributed by atoms with Crippen molar-refractivity contribution >= 4 is 38.3 Å². The molecule has 0 bridgehead atoms. The van der Waals surface area contributed by atoms with Crippen LogP contribution in [0.1, 0.15) is 32.2 Å². The Morgan fingerprint density at radius 1 is 1.33 bits per heavy atom. The van der Waals surface area contributed by atoms with Crippen LogP contribution in [-0.2, 0) is 0 Å². The monoisotopic (exact) mass is 432 g/mol. The zero-order valence-corrected chi connectivity index (χ0v) is 18.1. The summed E-state index contributed by atoms with van der Waals surface area (Å²) in [5, 5.41) is 3.60. The number of fused-ring (bicyclic) bond motifs is 2. The van der Waals surface area contributed by atoms with Crippen LogP contribution in [0.4, 0.5) is 10.1 Å². The second-order valence-corrected chi connectivity index (χ2v) is 9.15. The van der Waals surface area contributed by atoms with Gasteiger partial charge in [0.05, 0.1) is 18.0 Å². The van der Waals surface area contributed by atoms with Gasteiger partial charge in [0.25, 0.3) is 5.56 Å². The van der Waals surface area contributed by atoms with E-state index >= 15 is 4.39 Å². The van der Waals surface area contributed by atoms with Gasteiger partial charge in [0.2, 0.25) is 5.43 Å². The third-order valence-corrected chi connectivity index (χ3v) is 7.50. The van der Waals surface area contributed by atoms with Crippen molar-refractivity contribution in [1.82, 2.24) is 14.3 Å². The van der Waals surface area contributed by atoms with Gasteiger partial charge in [-0.1, -0.05) is 0 Å². The molecule has 3 heterocycles. The van der Waals surface area contributed by atoms with E-state index in [1.807, 2.05) is 16.5 Å². The van der Waals surface area contributed by atoms with Crippen LogP contribution in [0, 0.1) is 11.7 Å². The van der Waals surface area contributed by atoms with Gasteiger partial charge in [-0.2, -0.15) is 0 Å². The number of benzene rings is 1. The molecule has 0 radical (unpaired) electrons. The predicted octanol–water partition coefficient (Wildman–Crippen LogP) is 2.82. The van der Waals surface area contributed by atoms with Crippen LogP contribution in [0.15, 0.2) is 15.7 Å². The van der Waals surface area contributed by atoms with Crippen molar-refractivity contribution in [2.24, 2.45) is 5.92 Å². The second kappa shape index (κ2) is 7.09. The Kier molecular flexibility index (Phi) is 4.62. The predicted molar refractivity (Wildman–Crippen MR) is 118 cm³/mol. The molecule has 1 aliphatic heterocycles. The topological polar surface area (TPSA) is 79.4 Å². The lowest BCUT2D eigenvalue weighted by Gasteiger charge is -2.25. The third kappa shape index (κ3) is 2.79. The molecule has 1 saturated carbocycles. The second-order valence-electron chi connectivity index (χ2n) is 8.35. The average Bonchev–Trinajstić information content (AvgIpc) is 3.33. The molecule has 0 amide bonds. The van der Waals surface area contributed by atoms with E-state index in [0.717, 1.165) is 37.3 Å². The molecule has 3 aromatic rings. The summed E-state index contributed by atoms with van der Waals surface area (Å²) in [6, 6.07) is 1.80. The first-order chi connectivity index (χ1) is 14.5. The van der Waals surface area contributed by atoms with Crippen molar-refractivity contribution in [3.05, 3.63) is 32.5 Å². The molecule has 160 valence electrons. The minimum absolute atomic E-state index is 0.109. The van der Waals surface area contributed by atoms with Crippen LogP contribution in [-0.4, -0.2) is 42.2 Å². The van der Waals surface area contributed by atoms with Crippen LogP contribution in [0.2, 0.25) is 0 Å². The Hall–Kier alpha value is -2.39. The number of hydrogen-bond donors (Lipinski definition) is 2. The van der Waals surface area contributed by atoms with Crippen molar-refractivity contribution in [2.45, 2.75) is 38.3 Å². The van der Waals surface area contributed by atoms with E-state index < -0.39 is 16.8 Å². The third-order valence-electron chi connectivity index (χ3n) is 6.61. The van der Waals surface area contributed by atoms with Gasteiger partial charge < -0.3 is 19.5 Å². The number of ether oxygens (including phenoxy) is 1. The number of H-pyrrole nitrogens is 1. The first-order valence-electron chi connectivity index (χ1n) is 10.3. The van der Waals surface area contributed by atoms with Gasteiger partial charge in [-0.15, -0.1) is 0 Å². The van der Waals surface area contributed by atoms with Crippen molar-refractivity contribution in [3.8, 4) is 5.75 Å². The van der Waals surface area contributed by atoms with Gasteiger partial charge in [-0.25, -0.2) is 4.39 Å². The van der Waals surface area contributed by atoms with Crippen molar-refractivity contribution in [1.29, 1.82) is 0 Å². The number of anilines is 1. The van der Waals surface area contributed by atoms with Gasteiger partial charge in [-0.3, -0.25) is 14.0 Å². The number of pyridine rings is 1. The maximum atomic E-state index is 15.4. The zero-order valence-electron chi connectivity index (χ0n) is 17.3. The van der Waals surface area contributed by atoms with Gasteiger partial charge in [0, 0.05) is 25.2 Å². The van der Waals surface area contributed by atoms with Gasteiger partial charge in [0.15, 0.2) is 11.6 Å². The molecular formula is C21H25FN4O3S. The largest absolute Gasteiger partial charge is 0.492 e. The highest BCUT2D eigenvalue weighted by Gasteiger charge is 2.35. The smallest absolute Gasteiger partial charge is 0.271 e. The SMILES string of the molecule is CN[C@H](C)C1CCN(c2c(F)cc3c(=O)c4c(=O)[nH]sc4n(C4CC4)c3c2OC)C1. The molecule has 1 saturated heterocycles. The molecular weight excluding hydrogens is 407 g/mol. The van der Waals surface area contributed by atoms with Crippen molar-refractivity contribution < 1.29 is 9.13 Å². The first kappa shape index (κ1) is 19.6. The molecule has 9 heteroatoms. The lowest BCUT2D eigenvalue weighted by molar-refractivity contribution is 0.411. The Bertz CT molecular complexity index is 1260. The normalized spacial score (nSPS) is 20.4. The van der Waals surface area contributed by atoms with E-state index in [0.29, 0.717) is 40.3 Å². The highest BCUT2D eigenvalue weighted by atomic mass is 32.1. The number of aromatic nitrogens is 2. The summed E-state index contributed by atoms with van der Waals surface area (Å²) in [5.74, 6) is 0.301. The Balaban J connectivity index is 1.79. The number of rotatable bonds is 5. The van der Waals surface area contributed by atoms with Gasteiger partial charge in [-0.05, 0) is 56.8 Å². The maximum absolute atomic E-state index is 15.4. The minimum atomic E-state index is -0.484. The number of nitrogens with one attached hydrogen (secondary N) is 2. The molecule has 7 nitrogen and oxygen atoms in total. The molecule has 1 aromatic carbocycles. The number of aromatic amines is 1. The molecule has 1 unspecified atom stereocenters. The van der Waals surface area contributed by atoms with Crippen LogP contribution in [0.5, 0.6) is 5.75 Å². The van der Waals surface area contributed by atoms with Crippen LogP contribution >= 0.6 is 11.5 Å². The number of nitrogens with zero attached hydrogens (tertiary/aromatic N) is 2. The van der Waals surface area contributed by atoms with E-state index in [9.17, 15) is 9.59 Å². The zero-order chi connectivity index (χ0) is 21.2. The fourth-order valence-electron chi connectivity index (χ4n) is 4.72. The quantitative estimate of drug-likeness (QED) is 0.648. The molecule has 2 N–H and O–H groups in total. The number of hydrogen-bond acceptors (Lipinski definition) is 6. The van der Waals surface area contributed by atoms with Crippen molar-refractivity contribution in [3.63, 3.8) is 0 Å². The summed E-state index contributed by atoms with van der Waals surface area (Å²) in [4.78, 5) is 28.0. The number of methoxy groups -OCH3 is 1. The minimum Gasteiger partial charge on any atom is -0.492 e.